The van der Waals surface area contributed by atoms with Gasteiger partial charge < -0.3 is 5.73 Å². The summed E-state index contributed by atoms with van der Waals surface area (Å²) in [5, 5.41) is 0. The first-order chi connectivity index (χ1) is 6.90. The van der Waals surface area contributed by atoms with Gasteiger partial charge in [0.1, 0.15) is 0 Å². The second-order valence-electron chi connectivity index (χ2n) is 3.59. The van der Waals surface area contributed by atoms with E-state index in [1.165, 1.54) is 16.7 Å². The fraction of sp³-hybridized carbons (Fsp3) is 0.231. The molecule has 2 rings (SSSR count). The Bertz CT molecular complexity index is 360. The topological polar surface area (TPSA) is 26.0 Å². The minimum Gasteiger partial charge on any atom is -0.327 e. The van der Waals surface area contributed by atoms with E-state index in [1.807, 2.05) is 6.07 Å². The van der Waals surface area contributed by atoms with Gasteiger partial charge in [0.05, 0.1) is 0 Å². The summed E-state index contributed by atoms with van der Waals surface area (Å²) in [6.07, 6.45) is 6.58. The van der Waals surface area contributed by atoms with Crippen LogP contribution in [0, 0.1) is 0 Å². The molecular formula is C13H15N. The molecule has 0 aromatic heterocycles. The van der Waals surface area contributed by atoms with E-state index in [2.05, 4.69) is 36.4 Å². The molecule has 0 saturated carbocycles. The summed E-state index contributed by atoms with van der Waals surface area (Å²) in [7, 11) is 0. The van der Waals surface area contributed by atoms with Gasteiger partial charge in [-0.05, 0) is 24.0 Å². The maximum absolute atomic E-state index is 5.59. The van der Waals surface area contributed by atoms with Crippen molar-refractivity contribution in [2.45, 2.75) is 12.8 Å². The fourth-order valence-electron chi connectivity index (χ4n) is 1.74. The van der Waals surface area contributed by atoms with Gasteiger partial charge in [-0.3, -0.25) is 0 Å². The van der Waals surface area contributed by atoms with Crippen molar-refractivity contribution < 1.29 is 0 Å². The lowest BCUT2D eigenvalue weighted by atomic mass is 9.93. The maximum atomic E-state index is 5.59. The van der Waals surface area contributed by atoms with Gasteiger partial charge in [0.25, 0.3) is 0 Å². The van der Waals surface area contributed by atoms with Crippen molar-refractivity contribution in [2.24, 2.45) is 5.73 Å². The van der Waals surface area contributed by atoms with Gasteiger partial charge in [-0.15, -0.1) is 0 Å². The Kier molecular flexibility index (Phi) is 2.80. The molecule has 1 aromatic rings. The largest absolute Gasteiger partial charge is 0.327 e. The summed E-state index contributed by atoms with van der Waals surface area (Å²) in [5.74, 6) is 0. The predicted octanol–water partition coefficient (Wildman–Crippen LogP) is 2.75. The van der Waals surface area contributed by atoms with E-state index in [9.17, 15) is 0 Å². The lowest BCUT2D eigenvalue weighted by Gasteiger charge is -2.13. The molecule has 0 heterocycles. The van der Waals surface area contributed by atoms with Crippen LogP contribution in [0.25, 0.3) is 5.57 Å². The second-order valence-corrected chi connectivity index (χ2v) is 3.59. The molecule has 1 heteroatoms. The Labute approximate surface area is 84.9 Å². The van der Waals surface area contributed by atoms with Crippen molar-refractivity contribution in [1.29, 1.82) is 0 Å². The van der Waals surface area contributed by atoms with Gasteiger partial charge in [-0.1, -0.05) is 48.1 Å². The quantitative estimate of drug-likeness (QED) is 0.753. The van der Waals surface area contributed by atoms with Crippen molar-refractivity contribution in [3.05, 3.63) is 53.6 Å². The molecule has 1 aliphatic carbocycles. The number of hydrogen-bond donors (Lipinski definition) is 1. The monoisotopic (exact) mass is 185 g/mol. The van der Waals surface area contributed by atoms with Gasteiger partial charge in [0.15, 0.2) is 0 Å². The van der Waals surface area contributed by atoms with E-state index in [0.717, 1.165) is 12.8 Å². The molecule has 0 aliphatic heterocycles. The van der Waals surface area contributed by atoms with Crippen LogP contribution in [0.3, 0.4) is 0 Å². The van der Waals surface area contributed by atoms with E-state index in [1.54, 1.807) is 0 Å². The lowest BCUT2D eigenvalue weighted by Crippen LogP contribution is -2.05. The van der Waals surface area contributed by atoms with E-state index >= 15 is 0 Å². The summed E-state index contributed by atoms with van der Waals surface area (Å²) < 4.78 is 0. The first-order valence-corrected chi connectivity index (χ1v) is 5.04. The zero-order valence-electron chi connectivity index (χ0n) is 8.24. The smallest absolute Gasteiger partial charge is 0.0140 e. The zero-order chi connectivity index (χ0) is 9.80. The highest BCUT2D eigenvalue weighted by Crippen LogP contribution is 2.25. The Morgan fingerprint density at radius 3 is 2.36 bits per heavy atom. The molecule has 1 aromatic carbocycles. The van der Waals surface area contributed by atoms with Crippen LogP contribution in [-0.2, 0) is 0 Å². The summed E-state index contributed by atoms with van der Waals surface area (Å²) in [5.41, 5.74) is 9.69. The minimum atomic E-state index is 0.693. The minimum absolute atomic E-state index is 0.693. The van der Waals surface area contributed by atoms with Crippen LogP contribution in [0.15, 0.2) is 48.1 Å². The zero-order valence-corrected chi connectivity index (χ0v) is 8.24. The highest BCUT2D eigenvalue weighted by molar-refractivity contribution is 5.68. The molecule has 2 N–H and O–H groups in total. The van der Waals surface area contributed by atoms with Gasteiger partial charge in [-0.25, -0.2) is 0 Å². The molecule has 0 radical (unpaired) electrons. The molecule has 0 bridgehead atoms. The van der Waals surface area contributed by atoms with Crippen molar-refractivity contribution >= 4 is 5.57 Å². The fourth-order valence-corrected chi connectivity index (χ4v) is 1.74. The van der Waals surface area contributed by atoms with Crippen LogP contribution in [0.4, 0.5) is 0 Å². The van der Waals surface area contributed by atoms with E-state index < -0.39 is 0 Å². The molecule has 1 aliphatic rings. The molecule has 0 unspecified atom stereocenters. The van der Waals surface area contributed by atoms with Gasteiger partial charge in [0, 0.05) is 6.54 Å². The summed E-state index contributed by atoms with van der Waals surface area (Å²) in [6.45, 7) is 0.693. The third-order valence-corrected chi connectivity index (χ3v) is 2.64. The summed E-state index contributed by atoms with van der Waals surface area (Å²) >= 11 is 0. The van der Waals surface area contributed by atoms with Crippen LogP contribution in [-0.4, -0.2) is 6.54 Å². The van der Waals surface area contributed by atoms with Gasteiger partial charge in [0.2, 0.25) is 0 Å². The van der Waals surface area contributed by atoms with Crippen molar-refractivity contribution in [2.75, 3.05) is 6.54 Å². The SMILES string of the molecule is NCC1=CC=C(c2ccccc2)CC1. The van der Waals surface area contributed by atoms with Gasteiger partial charge in [-0.2, -0.15) is 0 Å². The molecule has 0 amide bonds. The normalized spacial score (nSPS) is 16.1. The number of benzene rings is 1. The molecule has 0 saturated heterocycles. The Balaban J connectivity index is 2.22. The average Bonchev–Trinajstić information content (AvgIpc) is 2.30. The highest BCUT2D eigenvalue weighted by Gasteiger charge is 2.06. The molecule has 0 atom stereocenters. The van der Waals surface area contributed by atoms with E-state index in [-0.39, 0.29) is 0 Å². The number of rotatable bonds is 2. The van der Waals surface area contributed by atoms with Crippen LogP contribution in [0.2, 0.25) is 0 Å². The van der Waals surface area contributed by atoms with Crippen LogP contribution in [0.1, 0.15) is 18.4 Å². The van der Waals surface area contributed by atoms with Crippen molar-refractivity contribution in [3.8, 4) is 0 Å². The van der Waals surface area contributed by atoms with Gasteiger partial charge >= 0.3 is 0 Å². The molecule has 14 heavy (non-hydrogen) atoms. The summed E-state index contributed by atoms with van der Waals surface area (Å²) in [4.78, 5) is 0. The Morgan fingerprint density at radius 1 is 1.00 bits per heavy atom. The first kappa shape index (κ1) is 9.22. The number of allylic oxidation sites excluding steroid dienone is 3. The number of nitrogens with two attached hydrogens (primary N) is 1. The molecular weight excluding hydrogens is 170 g/mol. The van der Waals surface area contributed by atoms with E-state index in [4.69, 9.17) is 5.73 Å². The first-order valence-electron chi connectivity index (χ1n) is 5.04. The van der Waals surface area contributed by atoms with E-state index in [0.29, 0.717) is 6.54 Å². The Hall–Kier alpha value is -1.34. The number of hydrogen-bond acceptors (Lipinski definition) is 1. The van der Waals surface area contributed by atoms with Crippen LogP contribution >= 0.6 is 0 Å². The molecule has 1 nitrogen and oxygen atoms in total. The highest BCUT2D eigenvalue weighted by atomic mass is 14.5. The maximum Gasteiger partial charge on any atom is 0.0140 e. The third kappa shape index (κ3) is 1.94. The predicted molar refractivity (Wildman–Crippen MR) is 60.8 cm³/mol. The Morgan fingerprint density at radius 2 is 1.79 bits per heavy atom. The van der Waals surface area contributed by atoms with Crippen LogP contribution < -0.4 is 5.73 Å². The summed E-state index contributed by atoms with van der Waals surface area (Å²) in [6, 6.07) is 10.5. The molecule has 0 spiro atoms. The standard InChI is InChI=1S/C13H15N/c14-10-11-6-8-13(9-7-11)12-4-2-1-3-5-12/h1-6,8H,7,9-10,14H2. The average molecular weight is 185 g/mol. The van der Waals surface area contributed by atoms with Crippen molar-refractivity contribution in [1.82, 2.24) is 0 Å². The lowest BCUT2D eigenvalue weighted by molar-refractivity contribution is 0.928. The van der Waals surface area contributed by atoms with Crippen LogP contribution in [0.5, 0.6) is 0 Å². The third-order valence-electron chi connectivity index (χ3n) is 2.64. The molecule has 72 valence electrons. The van der Waals surface area contributed by atoms with Crippen molar-refractivity contribution in [3.63, 3.8) is 0 Å². The molecule has 0 fully saturated rings. The second kappa shape index (κ2) is 4.25.